The van der Waals surface area contributed by atoms with Crippen LogP contribution in [0.1, 0.15) is 17.2 Å². The van der Waals surface area contributed by atoms with E-state index in [2.05, 4.69) is 11.9 Å². The fourth-order valence-corrected chi connectivity index (χ4v) is 1.73. The number of amides is 1. The molecule has 0 radical (unpaired) electrons. The van der Waals surface area contributed by atoms with Gasteiger partial charge in [-0.3, -0.25) is 4.79 Å². The Morgan fingerprint density at radius 3 is 3.13 bits per heavy atom. The Hall–Kier alpha value is -1.61. The Labute approximate surface area is 88.8 Å². The van der Waals surface area contributed by atoms with E-state index in [1.807, 2.05) is 24.3 Å². The van der Waals surface area contributed by atoms with E-state index in [1.54, 1.807) is 0 Å². The first kappa shape index (κ1) is 9.93. The molecule has 0 aliphatic carbocycles. The minimum Gasteiger partial charge on any atom is -0.374 e. The summed E-state index contributed by atoms with van der Waals surface area (Å²) in [6.07, 6.45) is 1.28. The van der Waals surface area contributed by atoms with Crippen molar-refractivity contribution >= 4 is 5.91 Å². The molecule has 0 spiro atoms. The summed E-state index contributed by atoms with van der Waals surface area (Å²) in [5, 5.41) is 2.84. The number of ether oxygens (including phenoxy) is 1. The molecular formula is C12H13NO2. The van der Waals surface area contributed by atoms with Gasteiger partial charge in [0.05, 0.1) is 19.3 Å². The number of hydrogen-bond donors (Lipinski definition) is 1. The zero-order valence-electron chi connectivity index (χ0n) is 8.40. The van der Waals surface area contributed by atoms with Gasteiger partial charge in [-0.2, -0.15) is 0 Å². The molecule has 78 valence electrons. The minimum absolute atomic E-state index is 0.0551. The number of carbonyl (C=O) groups is 1. The van der Waals surface area contributed by atoms with Gasteiger partial charge in [-0.1, -0.05) is 30.8 Å². The molecule has 1 amide bonds. The monoisotopic (exact) mass is 203 g/mol. The van der Waals surface area contributed by atoms with Gasteiger partial charge in [0, 0.05) is 0 Å². The molecule has 1 heterocycles. The first-order chi connectivity index (χ1) is 7.31. The zero-order chi connectivity index (χ0) is 10.7. The Morgan fingerprint density at radius 2 is 2.33 bits per heavy atom. The minimum atomic E-state index is -0.166. The van der Waals surface area contributed by atoms with Crippen molar-refractivity contribution in [3.05, 3.63) is 48.0 Å². The molecule has 1 atom stereocenters. The summed E-state index contributed by atoms with van der Waals surface area (Å²) >= 11 is 0. The largest absolute Gasteiger partial charge is 0.374 e. The van der Waals surface area contributed by atoms with Crippen LogP contribution >= 0.6 is 0 Å². The first-order valence-corrected chi connectivity index (χ1v) is 4.89. The molecule has 0 bridgehead atoms. The van der Waals surface area contributed by atoms with Gasteiger partial charge in [-0.15, -0.1) is 0 Å². The van der Waals surface area contributed by atoms with E-state index in [4.69, 9.17) is 4.74 Å². The van der Waals surface area contributed by atoms with Crippen molar-refractivity contribution in [2.24, 2.45) is 0 Å². The van der Waals surface area contributed by atoms with E-state index in [0.29, 0.717) is 13.2 Å². The van der Waals surface area contributed by atoms with E-state index in [9.17, 15) is 4.79 Å². The van der Waals surface area contributed by atoms with Gasteiger partial charge in [0.15, 0.2) is 0 Å². The number of fused-ring (bicyclic) bond motifs is 1. The van der Waals surface area contributed by atoms with Crippen molar-refractivity contribution in [2.45, 2.75) is 12.6 Å². The summed E-state index contributed by atoms with van der Waals surface area (Å²) in [6, 6.07) is 7.92. The molecule has 1 aliphatic heterocycles. The number of benzene rings is 1. The molecule has 3 nitrogen and oxygen atoms in total. The Morgan fingerprint density at radius 1 is 1.53 bits per heavy atom. The third-order valence-corrected chi connectivity index (χ3v) is 2.47. The summed E-state index contributed by atoms with van der Waals surface area (Å²) in [6.45, 7) is 4.58. The average molecular weight is 203 g/mol. The van der Waals surface area contributed by atoms with Crippen LogP contribution in [0.25, 0.3) is 0 Å². The van der Waals surface area contributed by atoms with E-state index < -0.39 is 0 Å². The maximum atomic E-state index is 11.2. The van der Waals surface area contributed by atoms with Gasteiger partial charge in [0.25, 0.3) is 0 Å². The van der Waals surface area contributed by atoms with Crippen LogP contribution in [0.2, 0.25) is 0 Å². The van der Waals surface area contributed by atoms with E-state index in [-0.39, 0.29) is 11.9 Å². The normalized spacial score (nSPS) is 19.1. The maximum Gasteiger partial charge on any atom is 0.243 e. The quantitative estimate of drug-likeness (QED) is 0.741. The van der Waals surface area contributed by atoms with Gasteiger partial charge < -0.3 is 10.1 Å². The summed E-state index contributed by atoms with van der Waals surface area (Å²) in [5.74, 6) is -0.166. The van der Waals surface area contributed by atoms with Crippen LogP contribution in [0.15, 0.2) is 36.9 Å². The molecule has 0 unspecified atom stereocenters. The Balaban J connectivity index is 2.22. The summed E-state index contributed by atoms with van der Waals surface area (Å²) < 4.78 is 5.40. The van der Waals surface area contributed by atoms with Crippen LogP contribution in [-0.2, 0) is 16.1 Å². The van der Waals surface area contributed by atoms with Crippen molar-refractivity contribution in [1.82, 2.24) is 5.32 Å². The van der Waals surface area contributed by atoms with Crippen molar-refractivity contribution in [2.75, 3.05) is 6.61 Å². The zero-order valence-corrected chi connectivity index (χ0v) is 8.40. The third-order valence-electron chi connectivity index (χ3n) is 2.47. The molecule has 0 aromatic heterocycles. The summed E-state index contributed by atoms with van der Waals surface area (Å²) in [5.41, 5.74) is 2.28. The van der Waals surface area contributed by atoms with Crippen molar-refractivity contribution in [3.63, 3.8) is 0 Å². The highest BCUT2D eigenvalue weighted by Crippen LogP contribution is 2.24. The SMILES string of the molecule is C=CC(=O)N[C@@H]1COCc2ccccc21. The molecule has 1 aromatic rings. The van der Waals surface area contributed by atoms with Gasteiger partial charge in [0.1, 0.15) is 0 Å². The lowest BCUT2D eigenvalue weighted by Crippen LogP contribution is -2.33. The predicted molar refractivity (Wildman–Crippen MR) is 57.2 cm³/mol. The fraction of sp³-hybridized carbons (Fsp3) is 0.250. The average Bonchev–Trinajstić information content (AvgIpc) is 2.29. The lowest BCUT2D eigenvalue weighted by atomic mass is 9.99. The van der Waals surface area contributed by atoms with Crippen molar-refractivity contribution in [1.29, 1.82) is 0 Å². The van der Waals surface area contributed by atoms with E-state index >= 15 is 0 Å². The smallest absolute Gasteiger partial charge is 0.243 e. The topological polar surface area (TPSA) is 38.3 Å². The number of rotatable bonds is 2. The van der Waals surface area contributed by atoms with Crippen LogP contribution in [0.5, 0.6) is 0 Å². The third kappa shape index (κ3) is 2.07. The van der Waals surface area contributed by atoms with Gasteiger partial charge >= 0.3 is 0 Å². The second kappa shape index (κ2) is 4.28. The lowest BCUT2D eigenvalue weighted by molar-refractivity contribution is -0.117. The highest BCUT2D eigenvalue weighted by molar-refractivity contribution is 5.87. The second-order valence-electron chi connectivity index (χ2n) is 3.48. The van der Waals surface area contributed by atoms with Gasteiger partial charge in [-0.25, -0.2) is 0 Å². The van der Waals surface area contributed by atoms with E-state index in [1.165, 1.54) is 6.08 Å². The lowest BCUT2D eigenvalue weighted by Gasteiger charge is -2.25. The highest BCUT2D eigenvalue weighted by atomic mass is 16.5. The van der Waals surface area contributed by atoms with Crippen LogP contribution < -0.4 is 5.32 Å². The Bertz CT molecular complexity index is 387. The molecular weight excluding hydrogens is 190 g/mol. The molecule has 0 saturated carbocycles. The number of carbonyl (C=O) groups excluding carboxylic acids is 1. The van der Waals surface area contributed by atoms with Gasteiger partial charge in [-0.05, 0) is 17.2 Å². The maximum absolute atomic E-state index is 11.2. The number of nitrogens with one attached hydrogen (secondary N) is 1. The molecule has 1 N–H and O–H groups in total. The summed E-state index contributed by atoms with van der Waals surface area (Å²) in [7, 11) is 0. The first-order valence-electron chi connectivity index (χ1n) is 4.89. The standard InChI is InChI=1S/C12H13NO2/c1-2-12(14)13-11-8-15-7-9-5-3-4-6-10(9)11/h2-6,11H,1,7-8H2,(H,13,14)/t11-/m1/s1. The van der Waals surface area contributed by atoms with Crippen LogP contribution in [0, 0.1) is 0 Å². The van der Waals surface area contributed by atoms with Crippen LogP contribution in [0.3, 0.4) is 0 Å². The van der Waals surface area contributed by atoms with Gasteiger partial charge in [0.2, 0.25) is 5.91 Å². The Kier molecular flexibility index (Phi) is 2.83. The van der Waals surface area contributed by atoms with E-state index in [0.717, 1.165) is 11.1 Å². The molecule has 1 aliphatic rings. The molecule has 2 rings (SSSR count). The number of hydrogen-bond acceptors (Lipinski definition) is 2. The van der Waals surface area contributed by atoms with Crippen LogP contribution in [-0.4, -0.2) is 12.5 Å². The fourth-order valence-electron chi connectivity index (χ4n) is 1.73. The molecule has 3 heteroatoms. The molecule has 0 saturated heterocycles. The predicted octanol–water partition coefficient (Wildman–Crippen LogP) is 1.56. The molecule has 1 aromatic carbocycles. The van der Waals surface area contributed by atoms with Crippen molar-refractivity contribution in [3.8, 4) is 0 Å². The highest BCUT2D eigenvalue weighted by Gasteiger charge is 2.20. The molecule has 15 heavy (non-hydrogen) atoms. The molecule has 0 fully saturated rings. The van der Waals surface area contributed by atoms with Crippen LogP contribution in [0.4, 0.5) is 0 Å². The second-order valence-corrected chi connectivity index (χ2v) is 3.48. The summed E-state index contributed by atoms with van der Waals surface area (Å²) in [4.78, 5) is 11.2. The van der Waals surface area contributed by atoms with Crippen molar-refractivity contribution < 1.29 is 9.53 Å².